The van der Waals surface area contributed by atoms with Gasteiger partial charge in [-0.05, 0) is 0 Å². The second-order valence-electron chi connectivity index (χ2n) is 12.2. The Bertz CT molecular complexity index is 939. The standard InChI is InChI=1S/6C3H6S2.4C2H6S2.4CH4S.7Sb.3H/c6*4-3-1-5-2-3;4*3-1-2-4;4*1-2;;;;;;;;;;/h6*3-4H,1-2H2;4*3-4H,1-2H2;4*2H,1H3;;;;;;;;;;/q;;;;;;;;;;;;;;3*+2;4*+3;;;/p-18. The Hall–Kier alpha value is 14.1. The number of hydrogen-bond donors (Lipinski definition) is 0. The summed E-state index contributed by atoms with van der Waals surface area (Å²) in [4.78, 5) is 0. The van der Waals surface area contributed by atoms with Crippen molar-refractivity contribution in [2.45, 2.75) is 31.5 Å². The predicted octanol–water partition coefficient (Wildman–Crippen LogP) is 13.1. The van der Waals surface area contributed by atoms with Crippen molar-refractivity contribution in [3.8, 4) is 0 Å². The molecular formula is C30H61S24Sb7. The van der Waals surface area contributed by atoms with Crippen LogP contribution in [0.3, 0.4) is 0 Å². The van der Waals surface area contributed by atoms with Gasteiger partial charge in [0.05, 0.1) is 0 Å². The summed E-state index contributed by atoms with van der Waals surface area (Å²) in [5.41, 5.74) is 0. The monoisotopic (exact) mass is 2040 g/mol. The summed E-state index contributed by atoms with van der Waals surface area (Å²) in [6, 6.07) is 0. The van der Waals surface area contributed by atoms with Crippen molar-refractivity contribution in [2.75, 3.05) is 140 Å². The van der Waals surface area contributed by atoms with Crippen LogP contribution in [0.15, 0.2) is 0 Å². The van der Waals surface area contributed by atoms with Crippen molar-refractivity contribution in [1.29, 1.82) is 0 Å². The van der Waals surface area contributed by atoms with Gasteiger partial charge in [-0.3, -0.25) is 0 Å². The molecule has 0 spiro atoms. The van der Waals surface area contributed by atoms with Gasteiger partial charge >= 0.3 is 522 Å². The molecule has 9 saturated heterocycles. The fraction of sp³-hybridized carbons (Fsp3) is 1.00. The van der Waals surface area contributed by atoms with Crippen molar-refractivity contribution < 1.29 is 0 Å². The molecule has 9 aliphatic rings. The van der Waals surface area contributed by atoms with Crippen molar-refractivity contribution in [1.82, 2.24) is 0 Å². The van der Waals surface area contributed by atoms with E-state index in [1.165, 1.54) is 115 Å². The van der Waals surface area contributed by atoms with Crippen molar-refractivity contribution in [3.63, 3.8) is 0 Å². The van der Waals surface area contributed by atoms with Crippen LogP contribution in [0.5, 0.6) is 0 Å². The molecule has 9 heterocycles. The molecule has 0 saturated carbocycles. The molecule has 0 radical (unpaired) electrons. The van der Waals surface area contributed by atoms with E-state index in [0.29, 0.717) is 0 Å². The van der Waals surface area contributed by atoms with Gasteiger partial charge in [0, 0.05) is 0 Å². The molecule has 0 aromatic carbocycles. The maximum atomic E-state index is 2.38. The van der Waals surface area contributed by atoms with Crippen LogP contribution >= 0.6 is 230 Å². The van der Waals surface area contributed by atoms with E-state index in [9.17, 15) is 0 Å². The quantitative estimate of drug-likeness (QED) is 0.0790. The van der Waals surface area contributed by atoms with Crippen molar-refractivity contribution >= 4 is 350 Å². The fourth-order valence-electron chi connectivity index (χ4n) is 3.71. The molecule has 9 aliphatic heterocycles. The molecule has 0 aromatic heterocycles. The van der Waals surface area contributed by atoms with Crippen LogP contribution in [0.25, 0.3) is 0 Å². The van der Waals surface area contributed by atoms with Gasteiger partial charge in [0.25, 0.3) is 0 Å². The molecular weight excluding hydrogens is 1980 g/mol. The summed E-state index contributed by atoms with van der Waals surface area (Å²) in [7, 11) is 41.1. The minimum absolute atomic E-state index is 0.000348. The van der Waals surface area contributed by atoms with Crippen molar-refractivity contribution in [3.05, 3.63) is 0 Å². The molecule has 0 N–H and O–H groups in total. The zero-order chi connectivity index (χ0) is 43.0. The average molecular weight is 2040 g/mol. The molecule has 360 valence electrons. The van der Waals surface area contributed by atoms with Crippen LogP contribution in [0.4, 0.5) is 0 Å². The number of rotatable bonds is 21. The van der Waals surface area contributed by atoms with Crippen LogP contribution in [0, 0.1) is 0 Å². The molecule has 9 rings (SSSR count). The molecule has 31 heteroatoms. The molecule has 0 amide bonds. The Morgan fingerprint density at radius 1 is 0.426 bits per heavy atom. The van der Waals surface area contributed by atoms with Gasteiger partial charge in [-0.25, -0.2) is 0 Å². The van der Waals surface area contributed by atoms with Gasteiger partial charge in [-0.1, -0.05) is 0 Å². The summed E-state index contributed by atoms with van der Waals surface area (Å²) in [6.07, 6.45) is 9.03. The topological polar surface area (TPSA) is 0 Å². The Balaban J connectivity index is 0.000000163. The summed E-state index contributed by atoms with van der Waals surface area (Å²) >= 11 is 9.34. The molecule has 0 bridgehead atoms. The third kappa shape index (κ3) is 35.6. The first kappa shape index (κ1) is 67.6. The Morgan fingerprint density at radius 2 is 0.770 bits per heavy atom. The zero-order valence-corrected chi connectivity index (χ0v) is 73.1. The van der Waals surface area contributed by atoms with Crippen LogP contribution in [-0.4, -0.2) is 292 Å². The average Bonchev–Trinajstić information content (AvgIpc) is 3.99. The van der Waals surface area contributed by atoms with Crippen molar-refractivity contribution in [2.24, 2.45) is 0 Å². The summed E-state index contributed by atoms with van der Waals surface area (Å²) < 4.78 is 0. The van der Waals surface area contributed by atoms with E-state index < -0.39 is 64.0 Å². The molecule has 0 aromatic rings. The predicted molar refractivity (Wildman–Crippen MR) is 370 cm³/mol. The minimum atomic E-state index is -0.879. The van der Waals surface area contributed by atoms with Gasteiger partial charge in [0.15, 0.2) is 0 Å². The van der Waals surface area contributed by atoms with E-state index in [0.717, 1.165) is 31.5 Å². The van der Waals surface area contributed by atoms with Crippen LogP contribution in [0.2, 0.25) is 0 Å². The van der Waals surface area contributed by atoms with E-state index in [-0.39, 0.29) is 56.4 Å². The molecule has 9 fully saturated rings. The Morgan fingerprint density at radius 3 is 1.08 bits per heavy atom. The first-order valence-electron chi connectivity index (χ1n) is 19.1. The first-order chi connectivity index (χ1) is 30.1. The molecule has 0 unspecified atom stereocenters. The third-order valence-electron chi connectivity index (χ3n) is 7.33. The fourth-order valence-corrected chi connectivity index (χ4v) is 153. The summed E-state index contributed by atoms with van der Waals surface area (Å²) in [5.74, 6) is 29.0. The van der Waals surface area contributed by atoms with Gasteiger partial charge < -0.3 is 0 Å². The van der Waals surface area contributed by atoms with E-state index in [2.05, 4.69) is 255 Å². The molecule has 61 heavy (non-hydrogen) atoms. The normalized spacial score (nSPS) is 23.8. The van der Waals surface area contributed by atoms with Crippen LogP contribution in [0.1, 0.15) is 0 Å². The zero-order valence-electron chi connectivity index (χ0n) is 34.7. The Kier molecular flexibility index (Phi) is 52.9. The molecule has 0 aliphatic carbocycles. The van der Waals surface area contributed by atoms with E-state index in [1.54, 1.807) is 0 Å². The maximum absolute atomic E-state index is 2.38. The number of hydrogen-bond acceptors (Lipinski definition) is 24. The van der Waals surface area contributed by atoms with E-state index >= 15 is 0 Å². The summed E-state index contributed by atoms with van der Waals surface area (Å²) in [5, 5.41) is 6.39. The van der Waals surface area contributed by atoms with E-state index in [1.807, 2.05) is 0 Å². The molecule has 0 nitrogen and oxygen atoms in total. The second kappa shape index (κ2) is 47.7. The third-order valence-corrected chi connectivity index (χ3v) is 153. The van der Waals surface area contributed by atoms with Gasteiger partial charge in [-0.2, -0.15) is 0 Å². The van der Waals surface area contributed by atoms with Gasteiger partial charge in [0.1, 0.15) is 0 Å². The Labute approximate surface area is 508 Å². The van der Waals surface area contributed by atoms with Crippen LogP contribution in [-0.2, 0) is 0 Å². The van der Waals surface area contributed by atoms with Gasteiger partial charge in [-0.15, -0.1) is 0 Å². The van der Waals surface area contributed by atoms with E-state index in [4.69, 9.17) is 0 Å². The van der Waals surface area contributed by atoms with Gasteiger partial charge in [0.2, 0.25) is 0 Å². The second-order valence-corrected chi connectivity index (χ2v) is 142. The number of thioether (sulfide) groups is 6. The summed E-state index contributed by atoms with van der Waals surface area (Å²) in [6.45, 7) is 0. The first-order valence-corrected chi connectivity index (χ1v) is 102. The molecule has 0 atom stereocenters. The SMILES string of the molecule is C(C[S][Sb]1[S]CC[S]1)[S][SbH][S]C1CSC1.C1C[S][Sb]([S]C2CSC2)[S]1.C1C[S][Sb]([S]C2CSC2)[S]1.C[S][SbH][S]C1CSC1.C[S][SbH][S]C1CSC1.C[S][Sb]([S]C)[S]C1CSC1. The van der Waals surface area contributed by atoms with Crippen LogP contribution < -0.4 is 0 Å².